The molecule has 0 spiro atoms. The minimum atomic E-state index is -0.435. The van der Waals surface area contributed by atoms with E-state index >= 15 is 0 Å². The Morgan fingerprint density at radius 3 is 2.79 bits per heavy atom. The van der Waals surface area contributed by atoms with Crippen molar-refractivity contribution in [3.8, 4) is 5.75 Å². The van der Waals surface area contributed by atoms with E-state index in [9.17, 15) is 14.3 Å². The number of halogens is 2. The zero-order chi connectivity index (χ0) is 23.4. The molecule has 5 heterocycles. The van der Waals surface area contributed by atoms with Crippen molar-refractivity contribution < 1.29 is 19.0 Å². The van der Waals surface area contributed by atoms with Gasteiger partial charge in [0.25, 0.3) is 5.91 Å². The number of hydrogen-bond donors (Lipinski definition) is 1. The molecule has 0 saturated carbocycles. The van der Waals surface area contributed by atoms with Gasteiger partial charge in [0.1, 0.15) is 17.7 Å². The molecule has 2 aromatic heterocycles. The van der Waals surface area contributed by atoms with Crippen LogP contribution in [0.5, 0.6) is 5.75 Å². The van der Waals surface area contributed by atoms with Gasteiger partial charge in [-0.25, -0.2) is 13.9 Å². The number of piperidine rings is 1. The lowest BCUT2D eigenvalue weighted by molar-refractivity contribution is 0.0380. The Balaban J connectivity index is 1.21. The summed E-state index contributed by atoms with van der Waals surface area (Å²) < 4.78 is 22.1. The first-order valence-electron chi connectivity index (χ1n) is 11.6. The number of hydrogen-bond acceptors (Lipinski definition) is 6. The van der Waals surface area contributed by atoms with Gasteiger partial charge < -0.3 is 14.7 Å². The van der Waals surface area contributed by atoms with Crippen molar-refractivity contribution in [1.29, 1.82) is 0 Å². The lowest BCUT2D eigenvalue weighted by Crippen LogP contribution is -2.47. The Labute approximate surface area is 200 Å². The Bertz CT molecular complexity index is 1250. The quantitative estimate of drug-likeness (QED) is 0.598. The number of rotatable bonds is 5. The van der Waals surface area contributed by atoms with Crippen LogP contribution in [0.15, 0.2) is 30.6 Å². The smallest absolute Gasteiger partial charge is 0.258 e. The molecule has 3 aliphatic rings. The number of fused-ring (bicyclic) bond motifs is 5. The maximum absolute atomic E-state index is 14.2. The Morgan fingerprint density at radius 1 is 1.24 bits per heavy atom. The number of aliphatic hydroxyl groups excluding tert-OH is 1. The Morgan fingerprint density at radius 2 is 2.03 bits per heavy atom. The van der Waals surface area contributed by atoms with Crippen LogP contribution in [0.2, 0.25) is 5.02 Å². The standard InChI is InChI=1S/C24H25ClFN5O3/c25-14-10-27-23-20-12-29(13-21(20)28-31(23)11-14)24(33)19-4-1-15(26)7-22(19)34-18-8-16-2-3-17(9-18)30(16)5-6-32/h1,4,7,10-11,16-18,32H,2-3,5-6,8-9,12-13H2. The fraction of sp³-hybridized carbons (Fsp3) is 0.458. The van der Waals surface area contributed by atoms with Gasteiger partial charge in [0, 0.05) is 36.5 Å². The first-order chi connectivity index (χ1) is 16.5. The summed E-state index contributed by atoms with van der Waals surface area (Å²) in [6.07, 6.45) is 6.94. The van der Waals surface area contributed by atoms with Crippen LogP contribution in [0.3, 0.4) is 0 Å². The summed E-state index contributed by atoms with van der Waals surface area (Å²) in [4.78, 5) is 21.9. The third-order valence-corrected chi connectivity index (χ3v) is 7.46. The van der Waals surface area contributed by atoms with Gasteiger partial charge in [-0.05, 0) is 37.8 Å². The summed E-state index contributed by atoms with van der Waals surface area (Å²) in [6.45, 7) is 1.53. The van der Waals surface area contributed by atoms with Crippen LogP contribution < -0.4 is 4.74 Å². The average Bonchev–Trinajstić information content (AvgIpc) is 3.42. The van der Waals surface area contributed by atoms with E-state index in [0.717, 1.165) is 36.9 Å². The SMILES string of the molecule is O=C(c1ccc(F)cc1OC1CC2CCC(C1)N2CCO)N1Cc2nn3cc(Cl)cnc3c2C1. The number of aliphatic hydroxyl groups is 1. The van der Waals surface area contributed by atoms with Gasteiger partial charge in [0.15, 0.2) is 5.65 Å². The molecular weight excluding hydrogens is 461 g/mol. The highest BCUT2D eigenvalue weighted by atomic mass is 35.5. The zero-order valence-corrected chi connectivity index (χ0v) is 19.3. The first kappa shape index (κ1) is 21.8. The van der Waals surface area contributed by atoms with Crippen LogP contribution >= 0.6 is 11.6 Å². The fourth-order valence-corrected chi connectivity index (χ4v) is 5.93. The van der Waals surface area contributed by atoms with Crippen LogP contribution in [-0.2, 0) is 13.1 Å². The average molecular weight is 486 g/mol. The van der Waals surface area contributed by atoms with Crippen molar-refractivity contribution in [2.24, 2.45) is 0 Å². The Hall–Kier alpha value is -2.75. The number of carbonyl (C=O) groups excluding carboxylic acids is 1. The summed E-state index contributed by atoms with van der Waals surface area (Å²) in [5.41, 5.74) is 2.70. The summed E-state index contributed by atoms with van der Waals surface area (Å²) >= 11 is 6.01. The van der Waals surface area contributed by atoms with Crippen molar-refractivity contribution >= 4 is 23.2 Å². The number of carbonyl (C=O) groups is 1. The van der Waals surface area contributed by atoms with E-state index in [4.69, 9.17) is 16.3 Å². The van der Waals surface area contributed by atoms with Gasteiger partial charge in [0.05, 0.1) is 42.2 Å². The molecule has 1 amide bonds. The molecule has 2 atom stereocenters. The minimum absolute atomic E-state index is 0.0882. The molecule has 10 heteroatoms. The van der Waals surface area contributed by atoms with Crippen LogP contribution in [0.4, 0.5) is 4.39 Å². The molecule has 2 unspecified atom stereocenters. The van der Waals surface area contributed by atoms with Crippen LogP contribution in [0.25, 0.3) is 5.65 Å². The second-order valence-electron chi connectivity index (χ2n) is 9.32. The number of ether oxygens (including phenoxy) is 1. The van der Waals surface area contributed by atoms with E-state index in [2.05, 4.69) is 15.0 Å². The number of amides is 1. The largest absolute Gasteiger partial charge is 0.489 e. The number of aromatic nitrogens is 3. The lowest BCUT2D eigenvalue weighted by atomic mass is 9.99. The van der Waals surface area contributed by atoms with Gasteiger partial charge in [-0.2, -0.15) is 5.10 Å². The monoisotopic (exact) mass is 485 g/mol. The molecule has 1 N–H and O–H groups in total. The molecule has 2 bridgehead atoms. The van der Waals surface area contributed by atoms with Gasteiger partial charge >= 0.3 is 0 Å². The highest BCUT2D eigenvalue weighted by Crippen LogP contribution is 2.38. The van der Waals surface area contributed by atoms with E-state index in [1.807, 2.05) is 0 Å². The minimum Gasteiger partial charge on any atom is -0.489 e. The molecule has 178 valence electrons. The van der Waals surface area contributed by atoms with Crippen molar-refractivity contribution in [2.45, 2.75) is 57.0 Å². The fourth-order valence-electron chi connectivity index (χ4n) is 5.79. The molecule has 1 aromatic carbocycles. The van der Waals surface area contributed by atoms with E-state index < -0.39 is 5.82 Å². The second kappa shape index (κ2) is 8.48. The van der Waals surface area contributed by atoms with Crippen LogP contribution in [-0.4, -0.2) is 66.8 Å². The molecule has 2 fully saturated rings. The van der Waals surface area contributed by atoms with Gasteiger partial charge in [0.2, 0.25) is 0 Å². The number of benzene rings is 1. The van der Waals surface area contributed by atoms with Gasteiger partial charge in [-0.3, -0.25) is 9.69 Å². The van der Waals surface area contributed by atoms with Crippen molar-refractivity contribution in [3.05, 3.63) is 58.3 Å². The van der Waals surface area contributed by atoms with E-state index in [1.54, 1.807) is 21.8 Å². The van der Waals surface area contributed by atoms with Gasteiger partial charge in [-0.1, -0.05) is 11.6 Å². The zero-order valence-electron chi connectivity index (χ0n) is 18.5. The molecule has 2 saturated heterocycles. The summed E-state index contributed by atoms with van der Waals surface area (Å²) in [7, 11) is 0. The van der Waals surface area contributed by atoms with E-state index in [0.29, 0.717) is 48.0 Å². The predicted octanol–water partition coefficient (Wildman–Crippen LogP) is 3.04. The maximum atomic E-state index is 14.2. The predicted molar refractivity (Wildman–Crippen MR) is 122 cm³/mol. The topological polar surface area (TPSA) is 83.2 Å². The summed E-state index contributed by atoms with van der Waals surface area (Å²) in [5.74, 6) is -0.370. The van der Waals surface area contributed by atoms with Crippen LogP contribution in [0, 0.1) is 5.82 Å². The summed E-state index contributed by atoms with van der Waals surface area (Å²) in [6, 6.07) is 4.82. The molecular formula is C24H25ClFN5O3. The van der Waals surface area contributed by atoms with Crippen LogP contribution in [0.1, 0.15) is 47.3 Å². The Kier molecular flexibility index (Phi) is 5.43. The normalized spacial score (nSPS) is 24.1. The highest BCUT2D eigenvalue weighted by molar-refractivity contribution is 6.30. The third-order valence-electron chi connectivity index (χ3n) is 7.26. The second-order valence-corrected chi connectivity index (χ2v) is 9.76. The third kappa shape index (κ3) is 3.72. The van der Waals surface area contributed by atoms with Crippen molar-refractivity contribution in [2.75, 3.05) is 13.2 Å². The molecule has 6 rings (SSSR count). The van der Waals surface area contributed by atoms with Crippen molar-refractivity contribution in [1.82, 2.24) is 24.4 Å². The van der Waals surface area contributed by atoms with Gasteiger partial charge in [-0.15, -0.1) is 0 Å². The molecule has 0 aliphatic carbocycles. The first-order valence-corrected chi connectivity index (χ1v) is 12.0. The highest BCUT2D eigenvalue weighted by Gasteiger charge is 2.41. The summed E-state index contributed by atoms with van der Waals surface area (Å²) in [5, 5.41) is 14.4. The molecule has 3 aliphatic heterocycles. The molecule has 0 radical (unpaired) electrons. The molecule has 3 aromatic rings. The molecule has 8 nitrogen and oxygen atoms in total. The van der Waals surface area contributed by atoms with E-state index in [-0.39, 0.29) is 24.4 Å². The van der Waals surface area contributed by atoms with E-state index in [1.165, 1.54) is 18.2 Å². The lowest BCUT2D eigenvalue weighted by Gasteiger charge is -2.38. The number of nitrogens with zero attached hydrogens (tertiary/aromatic N) is 5. The van der Waals surface area contributed by atoms with Crippen molar-refractivity contribution in [3.63, 3.8) is 0 Å². The maximum Gasteiger partial charge on any atom is 0.258 e. The molecule has 34 heavy (non-hydrogen) atoms.